The number of rotatable bonds is 4. The van der Waals surface area contributed by atoms with Gasteiger partial charge in [0, 0.05) is 5.38 Å². The molecule has 0 unspecified atom stereocenters. The zero-order valence-electron chi connectivity index (χ0n) is 9.61. The number of carbonyl (C=O) groups is 1. The minimum atomic E-state index is -1.16. The van der Waals surface area contributed by atoms with E-state index in [2.05, 4.69) is 10.3 Å². The van der Waals surface area contributed by atoms with Gasteiger partial charge in [0.05, 0.1) is 28.5 Å². The van der Waals surface area contributed by atoms with E-state index < -0.39 is 11.8 Å². The fourth-order valence-corrected chi connectivity index (χ4v) is 2.16. The Balaban J connectivity index is 2.20. The molecule has 0 saturated carbocycles. The molecule has 4 nitrogen and oxygen atoms in total. The molecular formula is C12H11FN2O2S. The number of nitrogens with zero attached hydrogens (tertiary/aromatic N) is 1. The van der Waals surface area contributed by atoms with Crippen LogP contribution in [0.15, 0.2) is 23.6 Å². The molecule has 2 rings (SSSR count). The van der Waals surface area contributed by atoms with Crippen molar-refractivity contribution in [2.75, 3.05) is 5.32 Å². The molecule has 0 amide bonds. The van der Waals surface area contributed by atoms with E-state index in [0.29, 0.717) is 6.54 Å². The summed E-state index contributed by atoms with van der Waals surface area (Å²) in [4.78, 5) is 15.2. The van der Waals surface area contributed by atoms with Crippen molar-refractivity contribution < 1.29 is 14.3 Å². The van der Waals surface area contributed by atoms with Crippen LogP contribution < -0.4 is 5.32 Å². The SMILES string of the molecule is Cc1nc(CNc2c(F)cccc2C(=O)O)cs1. The summed E-state index contributed by atoms with van der Waals surface area (Å²) >= 11 is 1.49. The maximum absolute atomic E-state index is 13.6. The van der Waals surface area contributed by atoms with Crippen LogP contribution in [0, 0.1) is 12.7 Å². The first-order valence-corrected chi connectivity index (χ1v) is 6.12. The van der Waals surface area contributed by atoms with E-state index in [4.69, 9.17) is 5.11 Å². The first-order chi connectivity index (χ1) is 8.58. The van der Waals surface area contributed by atoms with Gasteiger partial charge in [-0.05, 0) is 19.1 Å². The number of thiazole rings is 1. The normalized spacial score (nSPS) is 10.3. The molecule has 94 valence electrons. The zero-order valence-corrected chi connectivity index (χ0v) is 10.4. The van der Waals surface area contributed by atoms with Crippen LogP contribution >= 0.6 is 11.3 Å². The molecule has 6 heteroatoms. The second-order valence-corrected chi connectivity index (χ2v) is 4.74. The van der Waals surface area contributed by atoms with Gasteiger partial charge in [-0.3, -0.25) is 0 Å². The van der Waals surface area contributed by atoms with Crippen molar-refractivity contribution in [3.63, 3.8) is 0 Å². The lowest BCUT2D eigenvalue weighted by molar-refractivity contribution is 0.0697. The van der Waals surface area contributed by atoms with Gasteiger partial charge >= 0.3 is 5.97 Å². The van der Waals surface area contributed by atoms with Crippen molar-refractivity contribution in [1.82, 2.24) is 4.98 Å². The van der Waals surface area contributed by atoms with Gasteiger partial charge in [0.15, 0.2) is 0 Å². The van der Waals surface area contributed by atoms with Crippen LogP contribution in [0.1, 0.15) is 21.1 Å². The first-order valence-electron chi connectivity index (χ1n) is 5.24. The molecule has 1 aromatic heterocycles. The molecule has 18 heavy (non-hydrogen) atoms. The summed E-state index contributed by atoms with van der Waals surface area (Å²) in [5.74, 6) is -1.74. The molecule has 0 saturated heterocycles. The third kappa shape index (κ3) is 2.65. The molecule has 1 heterocycles. The Morgan fingerprint density at radius 2 is 2.33 bits per heavy atom. The summed E-state index contributed by atoms with van der Waals surface area (Å²) in [6.07, 6.45) is 0. The third-order valence-electron chi connectivity index (χ3n) is 2.36. The predicted molar refractivity (Wildman–Crippen MR) is 67.5 cm³/mol. The number of nitrogens with one attached hydrogen (secondary N) is 1. The maximum Gasteiger partial charge on any atom is 0.337 e. The Bertz CT molecular complexity index is 583. The zero-order chi connectivity index (χ0) is 13.1. The van der Waals surface area contributed by atoms with Crippen molar-refractivity contribution in [3.05, 3.63) is 45.7 Å². The summed E-state index contributed by atoms with van der Waals surface area (Å²) in [5, 5.41) is 14.5. The van der Waals surface area contributed by atoms with Crippen LogP contribution in [-0.2, 0) is 6.54 Å². The number of hydrogen-bond donors (Lipinski definition) is 2. The summed E-state index contributed by atoms with van der Waals surface area (Å²) in [6, 6.07) is 3.96. The first kappa shape index (κ1) is 12.5. The molecule has 2 aromatic rings. The highest BCUT2D eigenvalue weighted by atomic mass is 32.1. The Morgan fingerprint density at radius 1 is 1.56 bits per heavy atom. The van der Waals surface area contributed by atoms with Crippen LogP contribution in [0.3, 0.4) is 0 Å². The van der Waals surface area contributed by atoms with Gasteiger partial charge in [-0.25, -0.2) is 14.2 Å². The number of anilines is 1. The van der Waals surface area contributed by atoms with Gasteiger partial charge in [-0.1, -0.05) is 6.07 Å². The maximum atomic E-state index is 13.6. The van der Waals surface area contributed by atoms with Gasteiger partial charge < -0.3 is 10.4 Å². The van der Waals surface area contributed by atoms with Crippen molar-refractivity contribution in [2.24, 2.45) is 0 Å². The second kappa shape index (κ2) is 5.14. The minimum absolute atomic E-state index is 0.00402. The van der Waals surface area contributed by atoms with Crippen LogP contribution in [-0.4, -0.2) is 16.1 Å². The molecule has 0 spiro atoms. The van der Waals surface area contributed by atoms with E-state index in [9.17, 15) is 9.18 Å². The molecule has 0 bridgehead atoms. The number of aromatic carboxylic acids is 1. The predicted octanol–water partition coefficient (Wildman–Crippen LogP) is 2.90. The lowest BCUT2D eigenvalue weighted by Crippen LogP contribution is -2.08. The highest BCUT2D eigenvalue weighted by Crippen LogP contribution is 2.21. The second-order valence-electron chi connectivity index (χ2n) is 3.68. The lowest BCUT2D eigenvalue weighted by atomic mass is 10.1. The molecule has 0 atom stereocenters. The van der Waals surface area contributed by atoms with E-state index in [1.54, 1.807) is 0 Å². The fraction of sp³-hybridized carbons (Fsp3) is 0.167. The summed E-state index contributed by atoms with van der Waals surface area (Å²) in [7, 11) is 0. The Kier molecular flexibility index (Phi) is 3.57. The molecule has 0 fully saturated rings. The smallest absolute Gasteiger partial charge is 0.337 e. The topological polar surface area (TPSA) is 62.2 Å². The van der Waals surface area contributed by atoms with Crippen LogP contribution in [0.5, 0.6) is 0 Å². The molecule has 2 N–H and O–H groups in total. The van der Waals surface area contributed by atoms with Crippen molar-refractivity contribution in [2.45, 2.75) is 13.5 Å². The Labute approximate surface area is 107 Å². The van der Waals surface area contributed by atoms with Crippen LogP contribution in [0.25, 0.3) is 0 Å². The molecule has 1 aromatic carbocycles. The number of aryl methyl sites for hydroxylation is 1. The number of halogens is 1. The van der Waals surface area contributed by atoms with Gasteiger partial charge in [0.1, 0.15) is 5.82 Å². The van der Waals surface area contributed by atoms with Gasteiger partial charge in [0.2, 0.25) is 0 Å². The number of benzene rings is 1. The molecule has 0 aliphatic rings. The lowest BCUT2D eigenvalue weighted by Gasteiger charge is -2.09. The van der Waals surface area contributed by atoms with Crippen molar-refractivity contribution >= 4 is 23.0 Å². The number of carboxylic acids is 1. The van der Waals surface area contributed by atoms with Gasteiger partial charge in [-0.2, -0.15) is 0 Å². The average Bonchev–Trinajstić information content (AvgIpc) is 2.73. The quantitative estimate of drug-likeness (QED) is 0.893. The van der Waals surface area contributed by atoms with E-state index in [1.807, 2.05) is 12.3 Å². The monoisotopic (exact) mass is 266 g/mol. The molecule has 0 aliphatic heterocycles. The Morgan fingerprint density at radius 3 is 2.94 bits per heavy atom. The average molecular weight is 266 g/mol. The van der Waals surface area contributed by atoms with E-state index in [1.165, 1.54) is 29.5 Å². The molecule has 0 radical (unpaired) electrons. The van der Waals surface area contributed by atoms with Crippen molar-refractivity contribution in [1.29, 1.82) is 0 Å². The third-order valence-corrected chi connectivity index (χ3v) is 3.18. The van der Waals surface area contributed by atoms with Crippen LogP contribution in [0.2, 0.25) is 0 Å². The number of para-hydroxylation sites is 1. The summed E-state index contributed by atoms with van der Waals surface area (Å²) in [6.45, 7) is 2.17. The highest BCUT2D eigenvalue weighted by Gasteiger charge is 2.14. The minimum Gasteiger partial charge on any atom is -0.478 e. The van der Waals surface area contributed by atoms with Gasteiger partial charge in [-0.15, -0.1) is 11.3 Å². The number of aromatic nitrogens is 1. The summed E-state index contributed by atoms with van der Waals surface area (Å²) in [5.41, 5.74) is 0.676. The van der Waals surface area contributed by atoms with E-state index in [-0.39, 0.29) is 11.3 Å². The standard InChI is InChI=1S/C12H11FN2O2S/c1-7-15-8(6-18-7)5-14-11-9(12(16)17)3-2-4-10(11)13/h2-4,6,14H,5H2,1H3,(H,16,17). The highest BCUT2D eigenvalue weighted by molar-refractivity contribution is 7.09. The number of carboxylic acid groups (broad SMARTS) is 1. The van der Waals surface area contributed by atoms with E-state index >= 15 is 0 Å². The van der Waals surface area contributed by atoms with Gasteiger partial charge in [0.25, 0.3) is 0 Å². The van der Waals surface area contributed by atoms with Crippen molar-refractivity contribution in [3.8, 4) is 0 Å². The number of hydrogen-bond acceptors (Lipinski definition) is 4. The van der Waals surface area contributed by atoms with E-state index in [0.717, 1.165) is 10.7 Å². The largest absolute Gasteiger partial charge is 0.478 e. The Hall–Kier alpha value is -1.95. The molecule has 0 aliphatic carbocycles. The molecular weight excluding hydrogens is 255 g/mol. The van der Waals surface area contributed by atoms with Crippen LogP contribution in [0.4, 0.5) is 10.1 Å². The fourth-order valence-electron chi connectivity index (χ4n) is 1.55. The summed E-state index contributed by atoms with van der Waals surface area (Å²) < 4.78 is 13.6.